The van der Waals surface area contributed by atoms with Gasteiger partial charge in [0.25, 0.3) is 5.91 Å². The van der Waals surface area contributed by atoms with Crippen molar-refractivity contribution in [3.63, 3.8) is 0 Å². The molecule has 0 aliphatic carbocycles. The van der Waals surface area contributed by atoms with Crippen LogP contribution in [-0.4, -0.2) is 5.91 Å². The van der Waals surface area contributed by atoms with Gasteiger partial charge >= 0.3 is 6.18 Å². The Balaban J connectivity index is 1.73. The number of anilines is 1. The minimum absolute atomic E-state index is 0.102. The predicted octanol–water partition coefficient (Wildman–Crippen LogP) is 4.82. The Labute approximate surface area is 137 Å². The lowest BCUT2D eigenvalue weighted by molar-refractivity contribution is -0.137. The topological polar surface area (TPSA) is 41.1 Å². The number of hydrazine groups is 1. The first-order chi connectivity index (χ1) is 11.3. The van der Waals surface area contributed by atoms with Crippen molar-refractivity contribution in [1.29, 1.82) is 0 Å². The third kappa shape index (κ3) is 3.48. The number of benzene rings is 2. The maximum Gasteiger partial charge on any atom is 0.416 e. The Morgan fingerprint density at radius 1 is 1.04 bits per heavy atom. The molecule has 1 amide bonds. The largest absolute Gasteiger partial charge is 0.416 e. The summed E-state index contributed by atoms with van der Waals surface area (Å²) in [5.41, 5.74) is 4.06. The predicted molar refractivity (Wildman–Crippen MR) is 84.3 cm³/mol. The van der Waals surface area contributed by atoms with E-state index in [2.05, 4.69) is 10.9 Å². The fourth-order valence-corrected chi connectivity index (χ4v) is 3.03. The lowest BCUT2D eigenvalue weighted by atomic mass is 10.2. The van der Waals surface area contributed by atoms with Crippen molar-refractivity contribution >= 4 is 33.0 Å². The molecule has 3 aromatic rings. The number of amides is 1. The molecule has 0 saturated carbocycles. The van der Waals surface area contributed by atoms with Crippen molar-refractivity contribution in [2.75, 3.05) is 5.43 Å². The highest BCUT2D eigenvalue weighted by atomic mass is 32.1. The average molecular weight is 354 g/mol. The lowest BCUT2D eigenvalue weighted by Gasteiger charge is -2.11. The molecule has 1 aromatic heterocycles. The van der Waals surface area contributed by atoms with E-state index < -0.39 is 23.5 Å². The van der Waals surface area contributed by atoms with Gasteiger partial charge in [-0.25, -0.2) is 4.39 Å². The van der Waals surface area contributed by atoms with Gasteiger partial charge in [0.1, 0.15) is 5.82 Å². The van der Waals surface area contributed by atoms with Crippen LogP contribution in [0, 0.1) is 5.82 Å². The number of hydrogen-bond donors (Lipinski definition) is 2. The summed E-state index contributed by atoms with van der Waals surface area (Å²) >= 11 is 1.16. The zero-order valence-electron chi connectivity index (χ0n) is 11.9. The van der Waals surface area contributed by atoms with Crippen molar-refractivity contribution in [2.24, 2.45) is 0 Å². The number of hydrogen-bond acceptors (Lipinski definition) is 3. The van der Waals surface area contributed by atoms with Crippen LogP contribution in [0.3, 0.4) is 0 Å². The van der Waals surface area contributed by atoms with Gasteiger partial charge in [0.15, 0.2) is 0 Å². The van der Waals surface area contributed by atoms with Crippen LogP contribution in [0.5, 0.6) is 0 Å². The summed E-state index contributed by atoms with van der Waals surface area (Å²) < 4.78 is 51.8. The highest BCUT2D eigenvalue weighted by Gasteiger charge is 2.30. The van der Waals surface area contributed by atoms with Crippen LogP contribution in [0.1, 0.15) is 15.2 Å². The van der Waals surface area contributed by atoms with Gasteiger partial charge in [-0.2, -0.15) is 13.2 Å². The van der Waals surface area contributed by atoms with E-state index in [1.54, 1.807) is 6.07 Å². The van der Waals surface area contributed by atoms with E-state index in [0.717, 1.165) is 28.2 Å². The van der Waals surface area contributed by atoms with E-state index in [-0.39, 0.29) is 5.69 Å². The normalized spacial score (nSPS) is 11.5. The van der Waals surface area contributed by atoms with Crippen molar-refractivity contribution < 1.29 is 22.4 Å². The second-order valence-corrected chi connectivity index (χ2v) is 6.03. The molecule has 0 bridgehead atoms. The molecule has 24 heavy (non-hydrogen) atoms. The van der Waals surface area contributed by atoms with E-state index in [9.17, 15) is 22.4 Å². The summed E-state index contributed by atoms with van der Waals surface area (Å²) in [7, 11) is 0. The molecular formula is C16H10F4N2OS. The van der Waals surface area contributed by atoms with Gasteiger partial charge in [0.05, 0.1) is 16.1 Å². The number of alkyl halides is 3. The Kier molecular flexibility index (Phi) is 4.15. The van der Waals surface area contributed by atoms with Crippen molar-refractivity contribution in [3.8, 4) is 0 Å². The standard InChI is InChI=1S/C16H10F4N2OS/c17-11-4-5-13-9(6-11)7-14(24-13)15(23)22-21-12-3-1-2-10(8-12)16(18,19)20/h1-8,21H,(H,22,23). The maximum absolute atomic E-state index is 13.2. The molecule has 0 radical (unpaired) electrons. The van der Waals surface area contributed by atoms with E-state index in [4.69, 9.17) is 0 Å². The van der Waals surface area contributed by atoms with Crippen molar-refractivity contribution in [1.82, 2.24) is 5.43 Å². The summed E-state index contributed by atoms with van der Waals surface area (Å²) in [6, 6.07) is 10.1. The number of nitrogens with one attached hydrogen (secondary N) is 2. The van der Waals surface area contributed by atoms with E-state index in [0.29, 0.717) is 10.3 Å². The SMILES string of the molecule is O=C(NNc1cccc(C(F)(F)F)c1)c1cc2cc(F)ccc2s1. The molecule has 8 heteroatoms. The van der Waals surface area contributed by atoms with Crippen LogP contribution < -0.4 is 10.9 Å². The second kappa shape index (κ2) is 6.12. The van der Waals surface area contributed by atoms with Crippen LogP contribution in [0.15, 0.2) is 48.5 Å². The minimum Gasteiger partial charge on any atom is -0.298 e. The molecule has 0 saturated heterocycles. The third-order valence-corrected chi connectivity index (χ3v) is 4.33. The summed E-state index contributed by atoms with van der Waals surface area (Å²) in [5.74, 6) is -0.927. The molecule has 0 aliphatic heterocycles. The molecule has 0 fully saturated rings. The molecule has 0 aliphatic rings. The molecular weight excluding hydrogens is 344 g/mol. The smallest absolute Gasteiger partial charge is 0.298 e. The fourth-order valence-electron chi connectivity index (χ4n) is 2.09. The number of halogens is 4. The van der Waals surface area contributed by atoms with E-state index in [1.165, 1.54) is 30.3 Å². The molecule has 2 N–H and O–H groups in total. The molecule has 124 valence electrons. The first-order valence-corrected chi connectivity index (χ1v) is 7.57. The highest BCUT2D eigenvalue weighted by Crippen LogP contribution is 2.30. The summed E-state index contributed by atoms with van der Waals surface area (Å²) in [4.78, 5) is 12.4. The van der Waals surface area contributed by atoms with Crippen LogP contribution in [0.4, 0.5) is 23.2 Å². The molecule has 3 rings (SSSR count). The third-order valence-electron chi connectivity index (χ3n) is 3.21. The minimum atomic E-state index is -4.46. The zero-order valence-corrected chi connectivity index (χ0v) is 12.8. The summed E-state index contributed by atoms with van der Waals surface area (Å²) in [6.07, 6.45) is -4.46. The van der Waals surface area contributed by atoms with Gasteiger partial charge in [-0.1, -0.05) is 6.07 Å². The van der Waals surface area contributed by atoms with Gasteiger partial charge in [-0.3, -0.25) is 15.6 Å². The van der Waals surface area contributed by atoms with Gasteiger partial charge in [0, 0.05) is 4.70 Å². The monoisotopic (exact) mass is 354 g/mol. The quantitative estimate of drug-likeness (QED) is 0.523. The van der Waals surface area contributed by atoms with Gasteiger partial charge in [-0.05, 0) is 47.9 Å². The van der Waals surface area contributed by atoms with Crippen LogP contribution >= 0.6 is 11.3 Å². The first kappa shape index (κ1) is 16.3. The van der Waals surface area contributed by atoms with E-state index >= 15 is 0 Å². The van der Waals surface area contributed by atoms with Gasteiger partial charge in [-0.15, -0.1) is 11.3 Å². The Hall–Kier alpha value is -2.61. The van der Waals surface area contributed by atoms with Gasteiger partial charge < -0.3 is 0 Å². The molecule has 2 aromatic carbocycles. The average Bonchev–Trinajstić information content (AvgIpc) is 2.95. The first-order valence-electron chi connectivity index (χ1n) is 6.76. The highest BCUT2D eigenvalue weighted by molar-refractivity contribution is 7.20. The lowest BCUT2D eigenvalue weighted by Crippen LogP contribution is -2.28. The molecule has 0 atom stereocenters. The summed E-state index contributed by atoms with van der Waals surface area (Å²) in [5, 5.41) is 0.587. The number of thiophene rings is 1. The molecule has 0 unspecified atom stereocenters. The zero-order chi connectivity index (χ0) is 17.3. The van der Waals surface area contributed by atoms with E-state index in [1.807, 2.05) is 0 Å². The molecule has 0 spiro atoms. The molecule has 1 heterocycles. The van der Waals surface area contributed by atoms with Crippen LogP contribution in [0.2, 0.25) is 0 Å². The molecule has 3 nitrogen and oxygen atoms in total. The Morgan fingerprint density at radius 2 is 1.83 bits per heavy atom. The van der Waals surface area contributed by atoms with Crippen LogP contribution in [0.25, 0.3) is 10.1 Å². The van der Waals surface area contributed by atoms with Crippen molar-refractivity contribution in [3.05, 3.63) is 64.8 Å². The number of fused-ring (bicyclic) bond motifs is 1. The number of rotatable bonds is 3. The second-order valence-electron chi connectivity index (χ2n) is 4.95. The summed E-state index contributed by atoms with van der Waals surface area (Å²) in [6.45, 7) is 0. The van der Waals surface area contributed by atoms with Crippen molar-refractivity contribution in [2.45, 2.75) is 6.18 Å². The Morgan fingerprint density at radius 3 is 2.58 bits per heavy atom. The number of carbonyl (C=O) groups excluding carboxylic acids is 1. The fraction of sp³-hybridized carbons (Fsp3) is 0.0625. The maximum atomic E-state index is 13.2. The number of carbonyl (C=O) groups is 1. The Bertz CT molecular complexity index is 904. The van der Waals surface area contributed by atoms with Crippen LogP contribution in [-0.2, 0) is 6.18 Å². The van der Waals surface area contributed by atoms with Gasteiger partial charge in [0.2, 0.25) is 0 Å².